The van der Waals surface area contributed by atoms with Crippen molar-refractivity contribution >= 4 is 38.3 Å². The van der Waals surface area contributed by atoms with Crippen molar-refractivity contribution in [1.82, 2.24) is 4.98 Å². The Labute approximate surface area is 150 Å². The highest BCUT2D eigenvalue weighted by Crippen LogP contribution is 2.39. The van der Waals surface area contributed by atoms with E-state index in [-0.39, 0.29) is 5.91 Å². The normalized spacial score (nSPS) is 19.7. The maximum absolute atomic E-state index is 12.6. The van der Waals surface area contributed by atoms with Crippen molar-refractivity contribution in [2.45, 2.75) is 25.7 Å². The first-order valence-electron chi connectivity index (χ1n) is 8.66. The van der Waals surface area contributed by atoms with Crippen LogP contribution in [0.3, 0.4) is 0 Å². The molecule has 25 heavy (non-hydrogen) atoms. The number of aromatic nitrogens is 1. The Balaban J connectivity index is 1.55. The summed E-state index contributed by atoms with van der Waals surface area (Å²) in [6.45, 7) is 3.17. The molecular formula is C18H20N4O2S. The Morgan fingerprint density at radius 2 is 2.08 bits per heavy atom. The van der Waals surface area contributed by atoms with Crippen LogP contribution in [0.5, 0.6) is 0 Å². The molecule has 1 N–H and O–H groups in total. The summed E-state index contributed by atoms with van der Waals surface area (Å²) in [6, 6.07) is 7.99. The third-order valence-electron chi connectivity index (χ3n) is 5.02. The Kier molecular flexibility index (Phi) is 4.32. The van der Waals surface area contributed by atoms with Gasteiger partial charge in [-0.05, 0) is 31.0 Å². The molecule has 1 aromatic carbocycles. The van der Waals surface area contributed by atoms with Crippen molar-refractivity contribution in [3.63, 3.8) is 0 Å². The van der Waals surface area contributed by atoms with E-state index in [1.165, 1.54) is 0 Å². The summed E-state index contributed by atoms with van der Waals surface area (Å²) in [5.41, 5.74) is 0.804. The van der Waals surface area contributed by atoms with Crippen molar-refractivity contribution in [2.75, 3.05) is 36.5 Å². The number of rotatable bonds is 3. The first kappa shape index (κ1) is 16.3. The van der Waals surface area contributed by atoms with Crippen LogP contribution in [-0.2, 0) is 9.53 Å². The van der Waals surface area contributed by atoms with Gasteiger partial charge in [0.15, 0.2) is 5.13 Å². The van der Waals surface area contributed by atoms with Crippen LogP contribution in [0.15, 0.2) is 18.2 Å². The summed E-state index contributed by atoms with van der Waals surface area (Å²) in [4.78, 5) is 19.5. The molecule has 0 atom stereocenters. The third kappa shape index (κ3) is 3.08. The molecular weight excluding hydrogens is 336 g/mol. The molecule has 130 valence electrons. The van der Waals surface area contributed by atoms with Crippen LogP contribution in [-0.4, -0.2) is 37.2 Å². The van der Waals surface area contributed by atoms with E-state index in [2.05, 4.69) is 21.3 Å². The highest BCUT2D eigenvalue weighted by Gasteiger charge is 2.41. The number of hydrogen-bond donors (Lipinski definition) is 1. The average Bonchev–Trinajstić information content (AvgIpc) is 3.29. The molecule has 2 aromatic rings. The van der Waals surface area contributed by atoms with E-state index >= 15 is 0 Å². The fourth-order valence-electron chi connectivity index (χ4n) is 3.50. The first-order valence-corrected chi connectivity index (χ1v) is 9.48. The predicted octanol–water partition coefficient (Wildman–Crippen LogP) is 3.16. The first-order chi connectivity index (χ1) is 12.2. The van der Waals surface area contributed by atoms with E-state index in [0.29, 0.717) is 12.8 Å². The van der Waals surface area contributed by atoms with E-state index in [1.54, 1.807) is 11.3 Å². The second-order valence-electron chi connectivity index (χ2n) is 6.63. The van der Waals surface area contributed by atoms with Gasteiger partial charge in [0.05, 0.1) is 29.5 Å². The fourth-order valence-corrected chi connectivity index (χ4v) is 4.56. The van der Waals surface area contributed by atoms with Gasteiger partial charge in [-0.15, -0.1) is 0 Å². The maximum Gasteiger partial charge on any atom is 0.244 e. The summed E-state index contributed by atoms with van der Waals surface area (Å²) in [5.74, 6) is -0.176. The molecule has 6 nitrogen and oxygen atoms in total. The van der Waals surface area contributed by atoms with Crippen LogP contribution >= 0.6 is 11.3 Å². The number of amides is 1. The van der Waals surface area contributed by atoms with E-state index in [0.717, 1.165) is 60.2 Å². The molecule has 0 bridgehead atoms. The highest BCUT2D eigenvalue weighted by molar-refractivity contribution is 7.22. The molecule has 1 aliphatic heterocycles. The summed E-state index contributed by atoms with van der Waals surface area (Å²) < 4.78 is 6.43. The van der Waals surface area contributed by atoms with E-state index in [1.807, 2.05) is 18.2 Å². The lowest BCUT2D eigenvalue weighted by Gasteiger charge is -2.25. The van der Waals surface area contributed by atoms with Crippen molar-refractivity contribution in [3.05, 3.63) is 18.2 Å². The predicted molar refractivity (Wildman–Crippen MR) is 97.8 cm³/mol. The van der Waals surface area contributed by atoms with Gasteiger partial charge < -0.3 is 15.0 Å². The number of nitrogens with zero attached hydrogens (tertiary/aromatic N) is 3. The van der Waals surface area contributed by atoms with Gasteiger partial charge in [0.25, 0.3) is 0 Å². The van der Waals surface area contributed by atoms with Crippen molar-refractivity contribution in [3.8, 4) is 6.07 Å². The van der Waals surface area contributed by atoms with E-state index < -0.39 is 5.41 Å². The summed E-state index contributed by atoms with van der Waals surface area (Å²) in [6.07, 6.45) is 3.19. The summed E-state index contributed by atoms with van der Waals surface area (Å²) in [7, 11) is 0. The van der Waals surface area contributed by atoms with Crippen molar-refractivity contribution in [2.24, 2.45) is 5.41 Å². The minimum Gasteiger partial charge on any atom is -0.378 e. The average molecular weight is 356 g/mol. The van der Waals surface area contributed by atoms with Gasteiger partial charge >= 0.3 is 0 Å². The van der Waals surface area contributed by atoms with Gasteiger partial charge in [-0.2, -0.15) is 5.26 Å². The number of benzene rings is 1. The monoisotopic (exact) mass is 356 g/mol. The van der Waals surface area contributed by atoms with Crippen LogP contribution in [0.4, 0.5) is 10.8 Å². The van der Waals surface area contributed by atoms with Crippen LogP contribution < -0.4 is 10.2 Å². The second-order valence-corrected chi connectivity index (χ2v) is 7.64. The number of carbonyl (C=O) groups is 1. The van der Waals surface area contributed by atoms with Crippen LogP contribution in [0.2, 0.25) is 0 Å². The second kappa shape index (κ2) is 6.62. The molecule has 1 aromatic heterocycles. The lowest BCUT2D eigenvalue weighted by Crippen LogP contribution is -2.36. The zero-order chi connectivity index (χ0) is 17.3. The van der Waals surface area contributed by atoms with Gasteiger partial charge in [0, 0.05) is 18.8 Å². The van der Waals surface area contributed by atoms with Crippen LogP contribution in [0.25, 0.3) is 10.2 Å². The molecule has 7 heteroatoms. The molecule has 1 saturated heterocycles. The lowest BCUT2D eigenvalue weighted by atomic mass is 9.87. The zero-order valence-corrected chi connectivity index (χ0v) is 14.8. The molecule has 1 saturated carbocycles. The Hall–Kier alpha value is -2.17. The number of anilines is 2. The third-order valence-corrected chi connectivity index (χ3v) is 6.10. The SMILES string of the molecule is N#CC1(C(=O)Nc2ccc3nc(N4CCOCC4)sc3c2)CCCC1. The molecule has 1 aliphatic carbocycles. The minimum atomic E-state index is -0.860. The highest BCUT2D eigenvalue weighted by atomic mass is 32.1. The minimum absolute atomic E-state index is 0.176. The standard InChI is InChI=1S/C18H20N4O2S/c19-12-18(5-1-2-6-18)16(23)20-13-3-4-14-15(11-13)25-17(21-14)22-7-9-24-10-8-22/h3-4,11H,1-2,5-10H2,(H,20,23). The Morgan fingerprint density at radius 1 is 1.32 bits per heavy atom. The molecule has 2 heterocycles. The van der Waals surface area contributed by atoms with Crippen LogP contribution in [0.1, 0.15) is 25.7 Å². The molecule has 0 radical (unpaired) electrons. The molecule has 2 aliphatic rings. The molecule has 0 unspecified atom stereocenters. The summed E-state index contributed by atoms with van der Waals surface area (Å²) >= 11 is 1.63. The molecule has 1 amide bonds. The Morgan fingerprint density at radius 3 is 2.80 bits per heavy atom. The largest absolute Gasteiger partial charge is 0.378 e. The smallest absolute Gasteiger partial charge is 0.244 e. The van der Waals surface area contributed by atoms with E-state index in [4.69, 9.17) is 4.74 Å². The van der Waals surface area contributed by atoms with E-state index in [9.17, 15) is 10.1 Å². The fraction of sp³-hybridized carbons (Fsp3) is 0.500. The number of thiazole rings is 1. The number of nitrogens with one attached hydrogen (secondary N) is 1. The molecule has 0 spiro atoms. The number of carbonyl (C=O) groups excluding carboxylic acids is 1. The van der Waals surface area contributed by atoms with Gasteiger partial charge in [0.2, 0.25) is 5.91 Å². The van der Waals surface area contributed by atoms with Crippen molar-refractivity contribution < 1.29 is 9.53 Å². The number of nitriles is 1. The maximum atomic E-state index is 12.6. The topological polar surface area (TPSA) is 78.2 Å². The van der Waals surface area contributed by atoms with Gasteiger partial charge in [-0.1, -0.05) is 24.2 Å². The lowest BCUT2D eigenvalue weighted by molar-refractivity contribution is -0.122. The van der Waals surface area contributed by atoms with Gasteiger partial charge in [-0.3, -0.25) is 4.79 Å². The summed E-state index contributed by atoms with van der Waals surface area (Å²) in [5, 5.41) is 13.4. The van der Waals surface area contributed by atoms with Crippen molar-refractivity contribution in [1.29, 1.82) is 5.26 Å². The number of fused-ring (bicyclic) bond motifs is 1. The van der Waals surface area contributed by atoms with Gasteiger partial charge in [0.1, 0.15) is 5.41 Å². The number of hydrogen-bond acceptors (Lipinski definition) is 6. The molecule has 2 fully saturated rings. The number of morpholine rings is 1. The quantitative estimate of drug-likeness (QED) is 0.914. The molecule has 4 rings (SSSR count). The number of ether oxygens (including phenoxy) is 1. The van der Waals surface area contributed by atoms with Crippen LogP contribution in [0, 0.1) is 16.7 Å². The Bertz CT molecular complexity index is 829. The zero-order valence-electron chi connectivity index (χ0n) is 14.0. The van der Waals surface area contributed by atoms with Gasteiger partial charge in [-0.25, -0.2) is 4.98 Å².